The molecule has 0 bridgehead atoms. The van der Waals surface area contributed by atoms with E-state index in [0.717, 1.165) is 24.1 Å². The molecule has 4 aromatic carbocycles. The van der Waals surface area contributed by atoms with Gasteiger partial charge in [-0.05, 0) is 60.0 Å². The van der Waals surface area contributed by atoms with Crippen LogP contribution in [0, 0.1) is 17.8 Å². The molecule has 46 heavy (non-hydrogen) atoms. The summed E-state index contributed by atoms with van der Waals surface area (Å²) in [6.45, 7) is 5.70. The van der Waals surface area contributed by atoms with Crippen molar-refractivity contribution in [3.05, 3.63) is 137 Å². The van der Waals surface area contributed by atoms with E-state index in [0.29, 0.717) is 41.5 Å². The number of ketones is 1. The molecule has 1 saturated heterocycles. The van der Waals surface area contributed by atoms with Crippen molar-refractivity contribution in [2.75, 3.05) is 13.1 Å². The van der Waals surface area contributed by atoms with E-state index in [4.69, 9.17) is 0 Å². The van der Waals surface area contributed by atoms with Gasteiger partial charge in [-0.25, -0.2) is 4.79 Å². The standard InChI is InChI=1S/C39H42N2O5/c1-26-20-21-41(36(27(26)2)32-14-9-15-34(42)24-32)25-33(22-28-10-5-3-6-11-28)38(44)40-35(39(45)46)23-29-16-18-31(19-17-29)37(43)30-12-7-4-8-13-30/h3-19,24,26-27,33,35-36,42H,20-23,25H2,1-2H3,(H,40,44)(H,45,46)/t26-,27-,33+,35+,36?/m1/s1. The number of phenolic OH excluding ortho intramolecular Hbond substituents is 1. The summed E-state index contributed by atoms with van der Waals surface area (Å²) in [6.07, 6.45) is 1.53. The van der Waals surface area contributed by atoms with Crippen LogP contribution in [0.25, 0.3) is 0 Å². The number of amides is 1. The molecule has 0 aromatic heterocycles. The molecule has 1 aliphatic rings. The number of carbonyl (C=O) groups excluding carboxylic acids is 2. The topological polar surface area (TPSA) is 107 Å². The predicted octanol–water partition coefficient (Wildman–Crippen LogP) is 6.31. The average molecular weight is 619 g/mol. The molecule has 238 valence electrons. The first kappa shape index (κ1) is 32.6. The van der Waals surface area contributed by atoms with Crippen molar-refractivity contribution in [3.63, 3.8) is 0 Å². The van der Waals surface area contributed by atoms with Gasteiger partial charge < -0.3 is 15.5 Å². The van der Waals surface area contributed by atoms with Gasteiger partial charge in [-0.3, -0.25) is 14.5 Å². The Morgan fingerprint density at radius 3 is 2.09 bits per heavy atom. The number of carbonyl (C=O) groups is 3. The zero-order valence-corrected chi connectivity index (χ0v) is 26.4. The normalized spacial score (nSPS) is 19.6. The zero-order valence-electron chi connectivity index (χ0n) is 26.4. The van der Waals surface area contributed by atoms with Crippen molar-refractivity contribution < 1.29 is 24.6 Å². The molecule has 4 aromatic rings. The maximum Gasteiger partial charge on any atom is 0.326 e. The Balaban J connectivity index is 1.34. The van der Waals surface area contributed by atoms with E-state index in [-0.39, 0.29) is 29.9 Å². The molecule has 0 radical (unpaired) electrons. The van der Waals surface area contributed by atoms with Crippen molar-refractivity contribution in [1.82, 2.24) is 10.2 Å². The Hall–Kier alpha value is -4.75. The van der Waals surface area contributed by atoms with Crippen molar-refractivity contribution in [3.8, 4) is 5.75 Å². The first-order valence-electron chi connectivity index (χ1n) is 16.0. The Morgan fingerprint density at radius 1 is 0.804 bits per heavy atom. The summed E-state index contributed by atoms with van der Waals surface area (Å²) in [5, 5.41) is 23.3. The molecule has 0 aliphatic carbocycles. The van der Waals surface area contributed by atoms with Gasteiger partial charge in [-0.2, -0.15) is 0 Å². The number of aliphatic carboxylic acids is 1. The highest BCUT2D eigenvalue weighted by molar-refractivity contribution is 6.08. The molecule has 7 nitrogen and oxygen atoms in total. The highest BCUT2D eigenvalue weighted by Gasteiger charge is 2.37. The van der Waals surface area contributed by atoms with Crippen LogP contribution in [0.1, 0.15) is 58.9 Å². The summed E-state index contributed by atoms with van der Waals surface area (Å²) < 4.78 is 0. The van der Waals surface area contributed by atoms with Gasteiger partial charge in [-0.15, -0.1) is 0 Å². The summed E-state index contributed by atoms with van der Waals surface area (Å²) in [5.74, 6) is -1.07. The van der Waals surface area contributed by atoms with Gasteiger partial charge in [-0.1, -0.05) is 111 Å². The third kappa shape index (κ3) is 8.09. The lowest BCUT2D eigenvalue weighted by Crippen LogP contribution is -2.50. The van der Waals surface area contributed by atoms with E-state index in [2.05, 4.69) is 24.1 Å². The van der Waals surface area contributed by atoms with E-state index in [9.17, 15) is 24.6 Å². The fourth-order valence-corrected chi connectivity index (χ4v) is 6.54. The van der Waals surface area contributed by atoms with Gasteiger partial charge in [0.15, 0.2) is 5.78 Å². The number of nitrogens with zero attached hydrogens (tertiary/aromatic N) is 1. The number of hydrogen-bond acceptors (Lipinski definition) is 5. The summed E-state index contributed by atoms with van der Waals surface area (Å²) in [5.41, 5.74) is 3.81. The van der Waals surface area contributed by atoms with Crippen LogP contribution in [0.3, 0.4) is 0 Å². The van der Waals surface area contributed by atoms with Crippen molar-refractivity contribution >= 4 is 17.7 Å². The fourth-order valence-electron chi connectivity index (χ4n) is 6.54. The van der Waals surface area contributed by atoms with Crippen LogP contribution in [0.5, 0.6) is 5.75 Å². The van der Waals surface area contributed by atoms with Gasteiger partial charge in [0.1, 0.15) is 11.8 Å². The van der Waals surface area contributed by atoms with Crippen LogP contribution in [-0.2, 0) is 22.4 Å². The van der Waals surface area contributed by atoms with E-state index in [1.807, 2.05) is 60.7 Å². The van der Waals surface area contributed by atoms with E-state index in [1.165, 1.54) is 0 Å². The Labute approximate surface area is 270 Å². The molecular weight excluding hydrogens is 576 g/mol. The minimum absolute atomic E-state index is 0.00862. The third-order valence-electron chi connectivity index (χ3n) is 9.33. The highest BCUT2D eigenvalue weighted by atomic mass is 16.4. The smallest absolute Gasteiger partial charge is 0.326 e. The lowest BCUT2D eigenvalue weighted by molar-refractivity contribution is -0.142. The first-order chi connectivity index (χ1) is 22.2. The highest BCUT2D eigenvalue weighted by Crippen LogP contribution is 2.40. The number of hydrogen-bond donors (Lipinski definition) is 3. The van der Waals surface area contributed by atoms with Crippen molar-refractivity contribution in [1.29, 1.82) is 0 Å². The SMILES string of the molecule is C[C@@H]1CCN(C[C@H](Cc2ccccc2)C(=O)N[C@@H](Cc2ccc(C(=O)c3ccccc3)cc2)C(=O)O)C(c2cccc(O)c2)[C@@H]1C. The number of likely N-dealkylation sites (tertiary alicyclic amines) is 1. The number of benzene rings is 4. The van der Waals surface area contributed by atoms with Crippen LogP contribution in [-0.4, -0.2) is 51.9 Å². The molecule has 5 rings (SSSR count). The van der Waals surface area contributed by atoms with Crippen LogP contribution in [0.15, 0.2) is 109 Å². The van der Waals surface area contributed by atoms with E-state index >= 15 is 0 Å². The maximum atomic E-state index is 14.0. The molecule has 7 heteroatoms. The van der Waals surface area contributed by atoms with Crippen LogP contribution in [0.4, 0.5) is 0 Å². The molecule has 1 fully saturated rings. The first-order valence-corrected chi connectivity index (χ1v) is 16.0. The van der Waals surface area contributed by atoms with Gasteiger partial charge in [0.05, 0.1) is 5.92 Å². The lowest BCUT2D eigenvalue weighted by atomic mass is 9.78. The average Bonchev–Trinajstić information content (AvgIpc) is 3.06. The van der Waals surface area contributed by atoms with Crippen molar-refractivity contribution in [2.24, 2.45) is 17.8 Å². The Bertz CT molecular complexity index is 1620. The van der Waals surface area contributed by atoms with Gasteiger partial charge >= 0.3 is 5.97 Å². The minimum Gasteiger partial charge on any atom is -0.508 e. The van der Waals surface area contributed by atoms with Gasteiger partial charge in [0, 0.05) is 30.1 Å². The molecule has 1 aliphatic heterocycles. The number of phenols is 1. The third-order valence-corrected chi connectivity index (χ3v) is 9.33. The van der Waals surface area contributed by atoms with E-state index in [1.54, 1.807) is 48.5 Å². The van der Waals surface area contributed by atoms with Crippen LogP contribution >= 0.6 is 0 Å². The maximum absolute atomic E-state index is 14.0. The van der Waals surface area contributed by atoms with Gasteiger partial charge in [0.25, 0.3) is 0 Å². The number of aromatic hydroxyl groups is 1. The second-order valence-corrected chi connectivity index (χ2v) is 12.5. The molecule has 1 unspecified atom stereocenters. The predicted molar refractivity (Wildman–Crippen MR) is 179 cm³/mol. The molecule has 5 atom stereocenters. The molecule has 1 heterocycles. The summed E-state index contributed by atoms with van der Waals surface area (Å²) >= 11 is 0. The van der Waals surface area contributed by atoms with Crippen molar-refractivity contribution in [2.45, 2.75) is 45.2 Å². The minimum atomic E-state index is -1.14. The molecular formula is C39H42N2O5. The number of rotatable bonds is 12. The van der Waals surface area contributed by atoms with E-state index < -0.39 is 17.9 Å². The number of nitrogens with one attached hydrogen (secondary N) is 1. The molecule has 1 amide bonds. The molecule has 0 saturated carbocycles. The lowest BCUT2D eigenvalue weighted by Gasteiger charge is -2.45. The largest absolute Gasteiger partial charge is 0.508 e. The summed E-state index contributed by atoms with van der Waals surface area (Å²) in [7, 11) is 0. The number of carboxylic acids is 1. The fraction of sp³-hybridized carbons (Fsp3) is 0.308. The second-order valence-electron chi connectivity index (χ2n) is 12.5. The van der Waals surface area contributed by atoms with Gasteiger partial charge in [0.2, 0.25) is 5.91 Å². The van der Waals surface area contributed by atoms with Crippen LogP contribution < -0.4 is 5.32 Å². The monoisotopic (exact) mass is 618 g/mol. The summed E-state index contributed by atoms with van der Waals surface area (Å²) in [4.78, 5) is 41.5. The van der Waals surface area contributed by atoms with Crippen LogP contribution in [0.2, 0.25) is 0 Å². The Morgan fingerprint density at radius 2 is 1.43 bits per heavy atom. The number of carboxylic acid groups (broad SMARTS) is 1. The Kier molecular flexibility index (Phi) is 10.7. The zero-order chi connectivity index (χ0) is 32.6. The molecule has 3 N–H and O–H groups in total. The number of piperidine rings is 1. The molecule has 0 spiro atoms. The second kappa shape index (κ2) is 15.0. The quantitative estimate of drug-likeness (QED) is 0.161. The summed E-state index contributed by atoms with van der Waals surface area (Å²) in [6, 6.07) is 31.9.